The number of fused-ring (bicyclic) bond motifs is 1. The summed E-state index contributed by atoms with van der Waals surface area (Å²) in [4.78, 5) is 25.0. The van der Waals surface area contributed by atoms with Gasteiger partial charge in [0.15, 0.2) is 17.6 Å². The Kier molecular flexibility index (Phi) is 11.8. The molecule has 3 N–H and O–H groups in total. The number of hydrogen-bond donors (Lipinski definition) is 3. The van der Waals surface area contributed by atoms with Crippen molar-refractivity contribution in [2.24, 2.45) is 0 Å². The maximum atomic E-state index is 12.7. The molecule has 1 aliphatic heterocycles. The zero-order valence-electron chi connectivity index (χ0n) is 23.1. The second-order valence-electron chi connectivity index (χ2n) is 10.2. The van der Waals surface area contributed by atoms with E-state index in [2.05, 4.69) is 13.8 Å². The highest BCUT2D eigenvalue weighted by molar-refractivity contribution is 5.73. The molecule has 1 aliphatic rings. The lowest BCUT2D eigenvalue weighted by Gasteiger charge is -2.34. The van der Waals surface area contributed by atoms with Crippen molar-refractivity contribution in [3.05, 3.63) is 41.5 Å². The van der Waals surface area contributed by atoms with Gasteiger partial charge in [-0.15, -0.1) is 0 Å². The molecule has 0 aliphatic carbocycles. The van der Waals surface area contributed by atoms with E-state index in [0.717, 1.165) is 64.2 Å². The molecule has 39 heavy (non-hydrogen) atoms. The smallest absolute Gasteiger partial charge is 0.311 e. The molecule has 0 fully saturated rings. The first-order valence-electron chi connectivity index (χ1n) is 14.3. The minimum absolute atomic E-state index is 0.120. The zero-order chi connectivity index (χ0) is 28.2. The van der Waals surface area contributed by atoms with Crippen molar-refractivity contribution in [1.82, 2.24) is 0 Å². The van der Waals surface area contributed by atoms with Crippen LogP contribution in [-0.2, 0) is 20.7 Å². The van der Waals surface area contributed by atoms with Gasteiger partial charge >= 0.3 is 11.9 Å². The van der Waals surface area contributed by atoms with Crippen LogP contribution in [0.5, 0.6) is 28.7 Å². The summed E-state index contributed by atoms with van der Waals surface area (Å²) in [5, 5.41) is 30.6. The number of aromatic hydroxyl groups is 3. The van der Waals surface area contributed by atoms with Crippen LogP contribution in [0.2, 0.25) is 0 Å². The highest BCUT2D eigenvalue weighted by Gasteiger charge is 2.36. The van der Waals surface area contributed by atoms with E-state index in [-0.39, 0.29) is 54.2 Å². The Bertz CT molecular complexity index is 1100. The van der Waals surface area contributed by atoms with E-state index >= 15 is 0 Å². The number of rotatable bonds is 15. The van der Waals surface area contributed by atoms with Gasteiger partial charge in [-0.05, 0) is 25.0 Å². The molecule has 2 atom stereocenters. The first-order chi connectivity index (χ1) is 18.8. The Morgan fingerprint density at radius 3 is 2.08 bits per heavy atom. The predicted molar refractivity (Wildman–Crippen MR) is 147 cm³/mol. The molecular weight excluding hydrogens is 500 g/mol. The van der Waals surface area contributed by atoms with Crippen LogP contribution in [0.15, 0.2) is 30.3 Å². The lowest BCUT2D eigenvalue weighted by molar-refractivity contribution is -0.155. The van der Waals surface area contributed by atoms with Crippen LogP contribution in [-0.4, -0.2) is 33.4 Å². The third-order valence-electron chi connectivity index (χ3n) is 6.97. The van der Waals surface area contributed by atoms with Crippen LogP contribution in [0.3, 0.4) is 0 Å². The maximum Gasteiger partial charge on any atom is 0.311 e. The molecule has 0 amide bonds. The van der Waals surface area contributed by atoms with E-state index in [1.165, 1.54) is 18.2 Å². The summed E-state index contributed by atoms with van der Waals surface area (Å²) in [7, 11) is 0. The number of benzene rings is 2. The number of carbonyl (C=O) groups is 2. The first kappa shape index (κ1) is 30.1. The Morgan fingerprint density at radius 2 is 1.44 bits per heavy atom. The molecule has 0 unspecified atom stereocenters. The van der Waals surface area contributed by atoms with Gasteiger partial charge in [0.05, 0.1) is 0 Å². The highest BCUT2D eigenvalue weighted by atomic mass is 16.6. The molecule has 8 nitrogen and oxygen atoms in total. The summed E-state index contributed by atoms with van der Waals surface area (Å²) in [6.07, 6.45) is 9.19. The average molecular weight is 543 g/mol. The number of phenols is 3. The third-order valence-corrected chi connectivity index (χ3v) is 6.97. The van der Waals surface area contributed by atoms with E-state index in [1.807, 2.05) is 0 Å². The molecule has 214 valence electrons. The molecule has 0 saturated carbocycles. The van der Waals surface area contributed by atoms with E-state index in [0.29, 0.717) is 16.9 Å². The number of ether oxygens (including phenoxy) is 3. The van der Waals surface area contributed by atoms with Gasteiger partial charge in [0.1, 0.15) is 23.4 Å². The standard InChI is InChI=1S/C31H42O8/c1-3-5-7-9-11-13-29(35)37-22-18-25(33)23-20-28(38-30(36)14-12-10-8-6-4-2)31(39-27(23)19-22)21-15-16-24(32)26(34)17-21/h15-19,28,31-34H,3-14,20H2,1-2H3/t28-,31+/m1/s1. The number of esters is 2. The fourth-order valence-corrected chi connectivity index (χ4v) is 4.76. The monoisotopic (exact) mass is 542 g/mol. The molecule has 2 aromatic rings. The predicted octanol–water partition coefficient (Wildman–Crippen LogP) is 7.02. The summed E-state index contributed by atoms with van der Waals surface area (Å²) in [5.41, 5.74) is 0.931. The summed E-state index contributed by atoms with van der Waals surface area (Å²) < 4.78 is 17.5. The van der Waals surface area contributed by atoms with Crippen molar-refractivity contribution in [3.8, 4) is 28.7 Å². The summed E-state index contributed by atoms with van der Waals surface area (Å²) in [6, 6.07) is 7.20. The second kappa shape index (κ2) is 15.2. The summed E-state index contributed by atoms with van der Waals surface area (Å²) in [6.45, 7) is 4.27. The van der Waals surface area contributed by atoms with Gasteiger partial charge in [0.25, 0.3) is 0 Å². The maximum absolute atomic E-state index is 12.7. The Hall–Kier alpha value is -3.42. The van der Waals surface area contributed by atoms with Crippen molar-refractivity contribution >= 4 is 11.9 Å². The molecule has 2 aromatic carbocycles. The topological polar surface area (TPSA) is 123 Å². The van der Waals surface area contributed by atoms with Crippen molar-refractivity contribution in [3.63, 3.8) is 0 Å². The van der Waals surface area contributed by atoms with E-state index in [4.69, 9.17) is 14.2 Å². The zero-order valence-corrected chi connectivity index (χ0v) is 23.1. The SMILES string of the molecule is CCCCCCCC(=O)Oc1cc(O)c2c(c1)O[C@@H](c1ccc(O)c(O)c1)[C@H](OC(=O)CCCCCCC)C2. The molecule has 0 saturated heterocycles. The first-order valence-corrected chi connectivity index (χ1v) is 14.3. The van der Waals surface area contributed by atoms with Crippen molar-refractivity contribution < 1.29 is 39.1 Å². The summed E-state index contributed by atoms with van der Waals surface area (Å²) in [5.74, 6) is -1.01. The van der Waals surface area contributed by atoms with Crippen LogP contribution >= 0.6 is 0 Å². The number of carbonyl (C=O) groups excluding carboxylic acids is 2. The number of hydrogen-bond acceptors (Lipinski definition) is 8. The van der Waals surface area contributed by atoms with Crippen molar-refractivity contribution in [2.45, 2.75) is 110 Å². The van der Waals surface area contributed by atoms with Crippen LogP contribution in [0.4, 0.5) is 0 Å². The van der Waals surface area contributed by atoms with Crippen molar-refractivity contribution in [1.29, 1.82) is 0 Å². The molecule has 0 spiro atoms. The van der Waals surface area contributed by atoms with Crippen LogP contribution < -0.4 is 9.47 Å². The number of phenolic OH excluding ortho intramolecular Hbond substituents is 3. The van der Waals surface area contributed by atoms with Gasteiger partial charge in [-0.3, -0.25) is 9.59 Å². The molecule has 0 radical (unpaired) electrons. The molecule has 1 heterocycles. The van der Waals surface area contributed by atoms with Crippen LogP contribution in [0.25, 0.3) is 0 Å². The van der Waals surface area contributed by atoms with Gasteiger partial charge in [-0.2, -0.15) is 0 Å². The van der Waals surface area contributed by atoms with Gasteiger partial charge in [0, 0.05) is 42.5 Å². The highest BCUT2D eigenvalue weighted by Crippen LogP contribution is 2.44. The van der Waals surface area contributed by atoms with Gasteiger partial charge in [0.2, 0.25) is 0 Å². The fraction of sp³-hybridized carbons (Fsp3) is 0.548. The van der Waals surface area contributed by atoms with E-state index in [1.54, 1.807) is 12.1 Å². The Labute approximate surface area is 230 Å². The largest absolute Gasteiger partial charge is 0.507 e. The molecule has 0 bridgehead atoms. The molecular formula is C31H42O8. The minimum Gasteiger partial charge on any atom is -0.507 e. The molecule has 0 aromatic heterocycles. The molecule has 3 rings (SSSR count). The minimum atomic E-state index is -0.808. The third kappa shape index (κ3) is 9.08. The lowest BCUT2D eigenvalue weighted by Crippen LogP contribution is -2.34. The quantitative estimate of drug-likeness (QED) is 0.0950. The second-order valence-corrected chi connectivity index (χ2v) is 10.2. The fourth-order valence-electron chi connectivity index (χ4n) is 4.76. The van der Waals surface area contributed by atoms with Gasteiger partial charge in [-0.25, -0.2) is 0 Å². The average Bonchev–Trinajstić information content (AvgIpc) is 2.90. The van der Waals surface area contributed by atoms with Crippen LogP contribution in [0.1, 0.15) is 108 Å². The summed E-state index contributed by atoms with van der Waals surface area (Å²) >= 11 is 0. The van der Waals surface area contributed by atoms with Gasteiger partial charge < -0.3 is 29.5 Å². The Balaban J connectivity index is 1.74. The Morgan fingerprint density at radius 1 is 0.795 bits per heavy atom. The number of unbranched alkanes of at least 4 members (excludes halogenated alkanes) is 8. The van der Waals surface area contributed by atoms with E-state index < -0.39 is 12.2 Å². The van der Waals surface area contributed by atoms with E-state index in [9.17, 15) is 24.9 Å². The normalized spacial score (nSPS) is 16.3. The van der Waals surface area contributed by atoms with Crippen molar-refractivity contribution in [2.75, 3.05) is 0 Å². The lowest BCUT2D eigenvalue weighted by atomic mass is 9.93. The molecule has 8 heteroatoms. The van der Waals surface area contributed by atoms with Crippen LogP contribution in [0, 0.1) is 0 Å². The van der Waals surface area contributed by atoms with Gasteiger partial charge in [-0.1, -0.05) is 71.3 Å².